The maximum Gasteiger partial charge on any atom is 0.164 e. The zero-order chi connectivity index (χ0) is 35.6. The minimum Gasteiger partial charge on any atom is -0.485 e. The van der Waals surface area contributed by atoms with E-state index in [4.69, 9.17) is 24.1 Å². The van der Waals surface area contributed by atoms with Gasteiger partial charge in [-0.15, -0.1) is 0 Å². The van der Waals surface area contributed by atoms with Gasteiger partial charge in [0.25, 0.3) is 0 Å². The minimum atomic E-state index is -0.111. The van der Waals surface area contributed by atoms with Crippen LogP contribution in [0.4, 0.5) is 0 Å². The SMILES string of the molecule is C1=C(c2ccccc2)C=C(c2cccc3c(-c4nc(-c5ccccc5)nc(-c5ccc6oc7ccccc7c6c5)n4)cccc23)C2c3ccccc3OC12. The Bertz CT molecular complexity index is 2980. The van der Waals surface area contributed by atoms with Gasteiger partial charge in [0.05, 0.1) is 5.92 Å². The topological polar surface area (TPSA) is 61.0 Å². The lowest BCUT2D eigenvalue weighted by atomic mass is 9.77. The Morgan fingerprint density at radius 3 is 1.91 bits per heavy atom. The number of furan rings is 1. The summed E-state index contributed by atoms with van der Waals surface area (Å²) in [7, 11) is 0. The highest BCUT2D eigenvalue weighted by atomic mass is 16.5. The number of nitrogens with zero attached hydrogens (tertiary/aromatic N) is 3. The number of fused-ring (bicyclic) bond motifs is 7. The Morgan fingerprint density at radius 2 is 1.07 bits per heavy atom. The van der Waals surface area contributed by atoms with Gasteiger partial charge in [0, 0.05) is 33.0 Å². The largest absolute Gasteiger partial charge is 0.485 e. The average molecular weight is 694 g/mol. The van der Waals surface area contributed by atoms with E-state index in [1.54, 1.807) is 0 Å². The molecule has 0 spiro atoms. The van der Waals surface area contributed by atoms with Crippen molar-refractivity contribution in [3.63, 3.8) is 0 Å². The molecule has 2 unspecified atom stereocenters. The van der Waals surface area contributed by atoms with Gasteiger partial charge < -0.3 is 9.15 Å². The summed E-state index contributed by atoms with van der Waals surface area (Å²) in [5.74, 6) is 2.85. The van der Waals surface area contributed by atoms with Gasteiger partial charge in [-0.05, 0) is 75.5 Å². The molecule has 2 aromatic heterocycles. The summed E-state index contributed by atoms with van der Waals surface area (Å²) in [5, 5.41) is 4.30. The highest BCUT2D eigenvalue weighted by molar-refractivity contribution is 6.07. The maximum absolute atomic E-state index is 6.63. The minimum absolute atomic E-state index is 0.0605. The number of benzene rings is 7. The molecule has 0 bridgehead atoms. The van der Waals surface area contributed by atoms with Gasteiger partial charge in [-0.3, -0.25) is 0 Å². The normalized spacial score (nSPS) is 16.1. The van der Waals surface area contributed by atoms with Crippen LogP contribution in [-0.2, 0) is 0 Å². The van der Waals surface area contributed by atoms with Gasteiger partial charge in [-0.1, -0.05) is 133 Å². The molecule has 0 amide bonds. The van der Waals surface area contributed by atoms with Gasteiger partial charge in [0.15, 0.2) is 17.5 Å². The predicted octanol–water partition coefficient (Wildman–Crippen LogP) is 12.0. The summed E-state index contributed by atoms with van der Waals surface area (Å²) in [6.07, 6.45) is 4.52. The van der Waals surface area contributed by atoms with Crippen molar-refractivity contribution < 1.29 is 9.15 Å². The number of rotatable bonds is 5. The van der Waals surface area contributed by atoms with E-state index in [-0.39, 0.29) is 12.0 Å². The summed E-state index contributed by atoms with van der Waals surface area (Å²) in [6, 6.07) is 56.4. The summed E-state index contributed by atoms with van der Waals surface area (Å²) >= 11 is 0. The van der Waals surface area contributed by atoms with Crippen LogP contribution in [0.2, 0.25) is 0 Å². The summed E-state index contributed by atoms with van der Waals surface area (Å²) in [6.45, 7) is 0. The van der Waals surface area contributed by atoms with Crippen molar-refractivity contribution in [2.24, 2.45) is 0 Å². The number of para-hydroxylation sites is 2. The van der Waals surface area contributed by atoms with Crippen LogP contribution in [0, 0.1) is 0 Å². The molecule has 54 heavy (non-hydrogen) atoms. The molecule has 7 aromatic carbocycles. The Labute approximate surface area is 311 Å². The smallest absolute Gasteiger partial charge is 0.164 e. The Kier molecular flexibility index (Phi) is 6.92. The Hall–Kier alpha value is -7.11. The lowest BCUT2D eigenvalue weighted by molar-refractivity contribution is 0.272. The standard InChI is InChI=1S/C49H31N3O2/c1-3-13-30(14-4-1)33-28-41(46-39-18-8-10-24-43(39)54-45(46)29-33)36-21-11-20-35-34(36)19-12-22-38(35)49-51-47(31-15-5-2-6-16-31)50-48(52-49)32-25-26-44-40(27-32)37-17-7-9-23-42(37)53-44/h1-29,45-46H. The molecule has 1 aliphatic carbocycles. The summed E-state index contributed by atoms with van der Waals surface area (Å²) in [4.78, 5) is 15.4. The van der Waals surface area contributed by atoms with Crippen LogP contribution in [0.25, 0.3) is 78.0 Å². The molecule has 0 saturated heterocycles. The van der Waals surface area contributed by atoms with Crippen molar-refractivity contribution >= 4 is 43.9 Å². The van der Waals surface area contributed by atoms with E-state index in [0.717, 1.165) is 60.7 Å². The first-order valence-corrected chi connectivity index (χ1v) is 18.3. The number of hydrogen-bond acceptors (Lipinski definition) is 5. The van der Waals surface area contributed by atoms with E-state index in [2.05, 4.69) is 109 Å². The molecule has 9 aromatic rings. The first-order chi connectivity index (χ1) is 26.7. The third-order valence-electron chi connectivity index (χ3n) is 10.7. The van der Waals surface area contributed by atoms with Crippen LogP contribution in [0.15, 0.2) is 180 Å². The Balaban J connectivity index is 1.10. The second-order valence-electron chi connectivity index (χ2n) is 13.9. The zero-order valence-corrected chi connectivity index (χ0v) is 29.1. The molecule has 1 aliphatic heterocycles. The molecule has 0 fully saturated rings. The second kappa shape index (κ2) is 12.2. The van der Waals surface area contributed by atoms with Crippen molar-refractivity contribution in [3.05, 3.63) is 193 Å². The molecule has 2 atom stereocenters. The van der Waals surface area contributed by atoms with Crippen molar-refractivity contribution in [3.8, 4) is 39.9 Å². The molecule has 0 radical (unpaired) electrons. The van der Waals surface area contributed by atoms with Crippen molar-refractivity contribution in [1.82, 2.24) is 15.0 Å². The van der Waals surface area contributed by atoms with Crippen LogP contribution in [0.1, 0.15) is 22.6 Å². The van der Waals surface area contributed by atoms with E-state index in [0.29, 0.717) is 17.5 Å². The van der Waals surface area contributed by atoms with Crippen molar-refractivity contribution in [2.75, 3.05) is 0 Å². The highest BCUT2D eigenvalue weighted by Gasteiger charge is 2.39. The molecule has 2 aliphatic rings. The first-order valence-electron chi connectivity index (χ1n) is 18.3. The van der Waals surface area contributed by atoms with Crippen LogP contribution in [-0.4, -0.2) is 21.1 Å². The number of aromatic nitrogens is 3. The molecular formula is C49H31N3O2. The molecule has 0 N–H and O–H groups in total. The van der Waals surface area contributed by atoms with Crippen LogP contribution < -0.4 is 4.74 Å². The predicted molar refractivity (Wildman–Crippen MR) is 217 cm³/mol. The van der Waals surface area contributed by atoms with Gasteiger partial charge >= 0.3 is 0 Å². The fraction of sp³-hybridized carbons (Fsp3) is 0.0408. The van der Waals surface area contributed by atoms with E-state index in [1.807, 2.05) is 66.7 Å². The molecule has 3 heterocycles. The summed E-state index contributed by atoms with van der Waals surface area (Å²) in [5.41, 5.74) is 10.4. The van der Waals surface area contributed by atoms with E-state index >= 15 is 0 Å². The lowest BCUT2D eigenvalue weighted by Gasteiger charge is -2.27. The van der Waals surface area contributed by atoms with Crippen LogP contribution in [0.3, 0.4) is 0 Å². The number of allylic oxidation sites excluding steroid dienone is 2. The molecule has 0 saturated carbocycles. The molecule has 11 rings (SSSR count). The first kappa shape index (κ1) is 30.5. The lowest BCUT2D eigenvalue weighted by Crippen LogP contribution is -2.21. The Morgan fingerprint density at radius 1 is 0.444 bits per heavy atom. The third kappa shape index (κ3) is 4.97. The molecule has 5 nitrogen and oxygen atoms in total. The van der Waals surface area contributed by atoms with Gasteiger partial charge in [0.2, 0.25) is 0 Å². The average Bonchev–Trinajstić information content (AvgIpc) is 3.81. The second-order valence-corrected chi connectivity index (χ2v) is 13.9. The zero-order valence-electron chi connectivity index (χ0n) is 29.1. The van der Waals surface area contributed by atoms with E-state index < -0.39 is 0 Å². The fourth-order valence-corrected chi connectivity index (χ4v) is 8.21. The van der Waals surface area contributed by atoms with Gasteiger partial charge in [-0.2, -0.15) is 0 Å². The highest BCUT2D eigenvalue weighted by Crippen LogP contribution is 2.51. The van der Waals surface area contributed by atoms with E-state index in [1.165, 1.54) is 22.3 Å². The summed E-state index contributed by atoms with van der Waals surface area (Å²) < 4.78 is 12.8. The van der Waals surface area contributed by atoms with Gasteiger partial charge in [-0.25, -0.2) is 15.0 Å². The monoisotopic (exact) mass is 693 g/mol. The maximum atomic E-state index is 6.63. The fourth-order valence-electron chi connectivity index (χ4n) is 8.21. The third-order valence-corrected chi connectivity index (χ3v) is 10.7. The van der Waals surface area contributed by atoms with Crippen LogP contribution >= 0.6 is 0 Å². The number of ether oxygens (including phenoxy) is 1. The van der Waals surface area contributed by atoms with Crippen LogP contribution in [0.5, 0.6) is 5.75 Å². The molecule has 254 valence electrons. The molecular weight excluding hydrogens is 663 g/mol. The van der Waals surface area contributed by atoms with Crippen molar-refractivity contribution in [1.29, 1.82) is 0 Å². The van der Waals surface area contributed by atoms with Gasteiger partial charge in [0.1, 0.15) is 23.0 Å². The number of hydrogen-bond donors (Lipinski definition) is 0. The van der Waals surface area contributed by atoms with E-state index in [9.17, 15) is 0 Å². The molecule has 5 heteroatoms. The van der Waals surface area contributed by atoms with Crippen molar-refractivity contribution in [2.45, 2.75) is 12.0 Å². The quantitative estimate of drug-likeness (QED) is 0.180.